The molecule has 0 saturated heterocycles. The van der Waals surface area contributed by atoms with Gasteiger partial charge in [0.2, 0.25) is 0 Å². The summed E-state index contributed by atoms with van der Waals surface area (Å²) in [4.78, 5) is 17.1. The van der Waals surface area contributed by atoms with Crippen molar-refractivity contribution in [2.75, 3.05) is 0 Å². The molecule has 3 rings (SSSR count). The molecule has 0 radical (unpaired) electrons. The molecule has 1 N–H and O–H groups in total. The first-order valence-corrected chi connectivity index (χ1v) is 10.5. The minimum absolute atomic E-state index is 0.0315. The van der Waals surface area contributed by atoms with E-state index < -0.39 is 23.6 Å². The largest absolute Gasteiger partial charge is 0.435 e. The van der Waals surface area contributed by atoms with Crippen LogP contribution >= 0.6 is 23.2 Å². The van der Waals surface area contributed by atoms with Crippen molar-refractivity contribution >= 4 is 40.6 Å². The van der Waals surface area contributed by atoms with Crippen molar-refractivity contribution in [2.24, 2.45) is 4.99 Å². The molecule has 5 nitrogen and oxygen atoms in total. The lowest BCUT2D eigenvalue weighted by Gasteiger charge is -2.12. The van der Waals surface area contributed by atoms with Gasteiger partial charge in [-0.25, -0.2) is 9.38 Å². The third-order valence-corrected chi connectivity index (χ3v) is 5.28. The molecule has 1 heterocycles. The highest BCUT2D eigenvalue weighted by molar-refractivity contribution is 6.31. The fraction of sp³-hybridized carbons (Fsp3) is 0.227. The SMILES string of the molecule is CCn1nc(C(F)(F)F)c(C)c1CC(=Nc1cccc(Cl)c1)NC(=O)c1ccc(Cl)c(F)c1. The van der Waals surface area contributed by atoms with Gasteiger partial charge < -0.3 is 5.32 Å². The van der Waals surface area contributed by atoms with Crippen LogP contribution in [0.3, 0.4) is 0 Å². The summed E-state index contributed by atoms with van der Waals surface area (Å²) in [5.74, 6) is -1.46. The number of aromatic nitrogens is 2. The van der Waals surface area contributed by atoms with Crippen molar-refractivity contribution in [3.05, 3.63) is 80.8 Å². The number of alkyl halides is 3. The third kappa shape index (κ3) is 5.91. The lowest BCUT2D eigenvalue weighted by molar-refractivity contribution is -0.141. The number of hydrogen-bond donors (Lipinski definition) is 1. The minimum atomic E-state index is -4.63. The van der Waals surface area contributed by atoms with E-state index in [1.54, 1.807) is 25.1 Å². The Morgan fingerprint density at radius 1 is 1.18 bits per heavy atom. The molecule has 0 aliphatic carbocycles. The first kappa shape index (κ1) is 24.7. The van der Waals surface area contributed by atoms with Crippen LogP contribution in [0.4, 0.5) is 23.2 Å². The summed E-state index contributed by atoms with van der Waals surface area (Å²) in [5.41, 5.74) is -0.514. The number of hydrogen-bond acceptors (Lipinski definition) is 3. The van der Waals surface area contributed by atoms with Gasteiger partial charge in [0.15, 0.2) is 5.69 Å². The highest BCUT2D eigenvalue weighted by Crippen LogP contribution is 2.32. The zero-order valence-electron chi connectivity index (χ0n) is 17.5. The molecular weight excluding hydrogens is 483 g/mol. The Hall–Kier alpha value is -2.91. The molecule has 174 valence electrons. The molecule has 33 heavy (non-hydrogen) atoms. The first-order chi connectivity index (χ1) is 15.5. The standard InChI is InChI=1S/C22H18Cl2F4N4O/c1-3-32-18(12(2)20(31-32)22(26,27)28)11-19(29-15-6-4-5-14(23)10-15)30-21(33)13-7-8-16(24)17(25)9-13/h4-10H,3,11H2,1-2H3,(H,29,30,33). The van der Waals surface area contributed by atoms with E-state index in [1.165, 1.54) is 29.8 Å². The summed E-state index contributed by atoms with van der Waals surface area (Å²) >= 11 is 11.7. The van der Waals surface area contributed by atoms with E-state index in [1.807, 2.05) is 0 Å². The van der Waals surface area contributed by atoms with E-state index in [-0.39, 0.29) is 40.6 Å². The fourth-order valence-corrected chi connectivity index (χ4v) is 3.46. The summed E-state index contributed by atoms with van der Waals surface area (Å²) in [5, 5.41) is 6.46. The lowest BCUT2D eigenvalue weighted by Crippen LogP contribution is -2.32. The van der Waals surface area contributed by atoms with E-state index in [4.69, 9.17) is 23.2 Å². The van der Waals surface area contributed by atoms with Gasteiger partial charge in [0.1, 0.15) is 11.7 Å². The van der Waals surface area contributed by atoms with Gasteiger partial charge in [-0.3, -0.25) is 9.48 Å². The summed E-state index contributed by atoms with van der Waals surface area (Å²) in [6, 6.07) is 9.91. The predicted molar refractivity (Wildman–Crippen MR) is 119 cm³/mol. The molecule has 0 unspecified atom stereocenters. The van der Waals surface area contributed by atoms with Crippen LogP contribution in [0.2, 0.25) is 10.0 Å². The average molecular weight is 501 g/mol. The summed E-state index contributed by atoms with van der Waals surface area (Å²) in [6.07, 6.45) is -4.80. The second-order valence-electron chi connectivity index (χ2n) is 7.03. The number of carbonyl (C=O) groups is 1. The van der Waals surface area contributed by atoms with E-state index in [0.29, 0.717) is 10.7 Å². The smallest absolute Gasteiger partial charge is 0.310 e. The number of nitrogens with one attached hydrogen (secondary N) is 1. The average Bonchev–Trinajstić information content (AvgIpc) is 3.05. The number of rotatable bonds is 5. The Bertz CT molecular complexity index is 1220. The topological polar surface area (TPSA) is 59.3 Å². The van der Waals surface area contributed by atoms with E-state index in [0.717, 1.165) is 6.07 Å². The molecule has 0 aliphatic rings. The van der Waals surface area contributed by atoms with Gasteiger partial charge >= 0.3 is 6.18 Å². The Morgan fingerprint density at radius 3 is 2.52 bits per heavy atom. The van der Waals surface area contributed by atoms with Crippen LogP contribution in [-0.2, 0) is 19.1 Å². The van der Waals surface area contributed by atoms with Crippen molar-refractivity contribution in [3.8, 4) is 0 Å². The molecule has 0 atom stereocenters. The number of aliphatic imine (C=N–C) groups is 1. The maximum absolute atomic E-state index is 13.8. The van der Waals surface area contributed by atoms with Crippen LogP contribution in [-0.4, -0.2) is 21.5 Å². The number of carbonyl (C=O) groups excluding carboxylic acids is 1. The van der Waals surface area contributed by atoms with Crippen LogP contribution in [0.15, 0.2) is 47.5 Å². The molecule has 2 aromatic carbocycles. The maximum Gasteiger partial charge on any atom is 0.435 e. The molecule has 0 aliphatic heterocycles. The predicted octanol–water partition coefficient (Wildman–Crippen LogP) is 6.38. The zero-order valence-corrected chi connectivity index (χ0v) is 19.0. The van der Waals surface area contributed by atoms with Crippen LogP contribution in [0.1, 0.15) is 34.2 Å². The van der Waals surface area contributed by atoms with Crippen LogP contribution in [0.5, 0.6) is 0 Å². The number of amides is 1. The maximum atomic E-state index is 13.8. The van der Waals surface area contributed by atoms with Gasteiger partial charge in [0.05, 0.1) is 10.7 Å². The number of nitrogens with zero attached hydrogens (tertiary/aromatic N) is 3. The highest BCUT2D eigenvalue weighted by atomic mass is 35.5. The number of amidine groups is 1. The molecule has 1 amide bonds. The second-order valence-corrected chi connectivity index (χ2v) is 7.88. The quantitative estimate of drug-likeness (QED) is 0.251. The van der Waals surface area contributed by atoms with Gasteiger partial charge in [-0.1, -0.05) is 29.3 Å². The zero-order chi connectivity index (χ0) is 24.3. The van der Waals surface area contributed by atoms with Crippen LogP contribution < -0.4 is 5.32 Å². The molecule has 0 spiro atoms. The Morgan fingerprint density at radius 2 is 1.91 bits per heavy atom. The van der Waals surface area contributed by atoms with E-state index in [2.05, 4.69) is 15.4 Å². The molecule has 11 heteroatoms. The van der Waals surface area contributed by atoms with Crippen LogP contribution in [0, 0.1) is 12.7 Å². The van der Waals surface area contributed by atoms with Gasteiger partial charge in [0, 0.05) is 34.8 Å². The van der Waals surface area contributed by atoms with Crippen molar-refractivity contribution in [2.45, 2.75) is 33.0 Å². The fourth-order valence-electron chi connectivity index (χ4n) is 3.15. The van der Waals surface area contributed by atoms with Crippen molar-refractivity contribution in [1.29, 1.82) is 0 Å². The summed E-state index contributed by atoms with van der Waals surface area (Å²) in [7, 11) is 0. The van der Waals surface area contributed by atoms with Crippen molar-refractivity contribution in [1.82, 2.24) is 15.1 Å². The lowest BCUT2D eigenvalue weighted by atomic mass is 10.1. The number of benzene rings is 2. The number of aryl methyl sites for hydroxylation is 1. The van der Waals surface area contributed by atoms with Gasteiger partial charge in [-0.2, -0.15) is 18.3 Å². The monoisotopic (exact) mass is 500 g/mol. The molecule has 1 aromatic heterocycles. The Labute approximate surface area is 197 Å². The Balaban J connectivity index is 2.02. The van der Waals surface area contributed by atoms with E-state index in [9.17, 15) is 22.4 Å². The molecular formula is C22H18Cl2F4N4O. The Kier molecular flexibility index (Phi) is 7.44. The normalized spacial score (nSPS) is 12.2. The second kappa shape index (κ2) is 9.93. The highest BCUT2D eigenvalue weighted by Gasteiger charge is 2.37. The summed E-state index contributed by atoms with van der Waals surface area (Å²) < 4.78 is 55.1. The third-order valence-electron chi connectivity index (χ3n) is 4.74. The summed E-state index contributed by atoms with van der Waals surface area (Å²) in [6.45, 7) is 3.14. The molecule has 3 aromatic rings. The van der Waals surface area contributed by atoms with Crippen molar-refractivity contribution < 1.29 is 22.4 Å². The van der Waals surface area contributed by atoms with E-state index >= 15 is 0 Å². The van der Waals surface area contributed by atoms with Crippen LogP contribution in [0.25, 0.3) is 0 Å². The molecule has 0 fully saturated rings. The van der Waals surface area contributed by atoms with Gasteiger partial charge in [0.25, 0.3) is 5.91 Å². The van der Waals surface area contributed by atoms with Crippen molar-refractivity contribution in [3.63, 3.8) is 0 Å². The first-order valence-electron chi connectivity index (χ1n) is 9.72. The number of halogens is 6. The van der Waals surface area contributed by atoms with Gasteiger partial charge in [-0.15, -0.1) is 0 Å². The minimum Gasteiger partial charge on any atom is -0.310 e. The molecule has 0 bridgehead atoms. The van der Waals surface area contributed by atoms with Gasteiger partial charge in [-0.05, 0) is 50.2 Å². The molecule has 0 saturated carbocycles.